The minimum absolute atomic E-state index is 0.434. The molecule has 3 rings (SSSR count). The highest BCUT2D eigenvalue weighted by molar-refractivity contribution is 5.87. The molecule has 0 amide bonds. The number of hydrogen-bond donors (Lipinski definition) is 1. The SMILES string of the molecule is COc1cccc2cc3n(c12)C(CN)CC3. The van der Waals surface area contributed by atoms with Gasteiger partial charge in [0, 0.05) is 23.7 Å². The molecule has 2 aromatic rings. The lowest BCUT2D eigenvalue weighted by molar-refractivity contribution is 0.415. The van der Waals surface area contributed by atoms with Crippen molar-refractivity contribution in [3.8, 4) is 5.75 Å². The summed E-state index contributed by atoms with van der Waals surface area (Å²) in [4.78, 5) is 0. The third-order valence-electron chi connectivity index (χ3n) is 3.49. The number of nitrogens with two attached hydrogens (primary N) is 1. The number of ether oxygens (including phenoxy) is 1. The maximum Gasteiger partial charge on any atom is 0.143 e. The van der Waals surface area contributed by atoms with E-state index in [4.69, 9.17) is 10.5 Å². The van der Waals surface area contributed by atoms with E-state index in [0.717, 1.165) is 18.6 Å². The van der Waals surface area contributed by atoms with E-state index < -0.39 is 0 Å². The predicted octanol–water partition coefficient (Wildman–Crippen LogP) is 2.10. The number of aryl methyl sites for hydroxylation is 1. The summed E-state index contributed by atoms with van der Waals surface area (Å²) in [5.41, 5.74) is 8.41. The van der Waals surface area contributed by atoms with E-state index in [1.54, 1.807) is 7.11 Å². The van der Waals surface area contributed by atoms with E-state index in [1.807, 2.05) is 12.1 Å². The molecule has 2 heterocycles. The fourth-order valence-electron chi connectivity index (χ4n) is 2.75. The summed E-state index contributed by atoms with van der Waals surface area (Å²) in [7, 11) is 1.72. The van der Waals surface area contributed by atoms with Crippen LogP contribution >= 0.6 is 0 Å². The van der Waals surface area contributed by atoms with Crippen molar-refractivity contribution in [3.63, 3.8) is 0 Å². The van der Waals surface area contributed by atoms with Gasteiger partial charge in [-0.1, -0.05) is 12.1 Å². The first kappa shape index (κ1) is 9.73. The van der Waals surface area contributed by atoms with Crippen molar-refractivity contribution in [2.24, 2.45) is 5.73 Å². The molecule has 84 valence electrons. The van der Waals surface area contributed by atoms with Gasteiger partial charge in [0.15, 0.2) is 0 Å². The number of methoxy groups -OCH3 is 1. The van der Waals surface area contributed by atoms with Gasteiger partial charge >= 0.3 is 0 Å². The maximum absolute atomic E-state index is 5.83. The molecule has 0 fully saturated rings. The third-order valence-corrected chi connectivity index (χ3v) is 3.49. The molecule has 1 unspecified atom stereocenters. The molecule has 0 saturated carbocycles. The molecule has 3 heteroatoms. The summed E-state index contributed by atoms with van der Waals surface area (Å²) >= 11 is 0. The molecule has 0 radical (unpaired) electrons. The molecule has 0 bridgehead atoms. The normalized spacial score (nSPS) is 19.0. The lowest BCUT2D eigenvalue weighted by Gasteiger charge is -2.14. The van der Waals surface area contributed by atoms with E-state index in [-0.39, 0.29) is 0 Å². The summed E-state index contributed by atoms with van der Waals surface area (Å²) in [5, 5.41) is 1.26. The van der Waals surface area contributed by atoms with Crippen molar-refractivity contribution >= 4 is 10.9 Å². The van der Waals surface area contributed by atoms with Crippen LogP contribution in [-0.4, -0.2) is 18.2 Å². The number of para-hydroxylation sites is 1. The summed E-state index contributed by atoms with van der Waals surface area (Å²) in [6, 6.07) is 8.88. The van der Waals surface area contributed by atoms with Gasteiger partial charge in [0.05, 0.1) is 12.6 Å². The van der Waals surface area contributed by atoms with E-state index in [1.165, 1.54) is 16.6 Å². The van der Waals surface area contributed by atoms with E-state index in [0.29, 0.717) is 12.6 Å². The average molecular weight is 216 g/mol. The number of nitrogens with zero attached hydrogens (tertiary/aromatic N) is 1. The fourth-order valence-corrected chi connectivity index (χ4v) is 2.75. The van der Waals surface area contributed by atoms with Crippen LogP contribution in [0.25, 0.3) is 10.9 Å². The zero-order valence-corrected chi connectivity index (χ0v) is 9.44. The first-order valence-corrected chi connectivity index (χ1v) is 5.72. The second-order valence-electron chi connectivity index (χ2n) is 4.33. The molecular formula is C13H16N2O. The van der Waals surface area contributed by atoms with Crippen LogP contribution in [0.4, 0.5) is 0 Å². The van der Waals surface area contributed by atoms with Crippen LogP contribution in [0, 0.1) is 0 Å². The second-order valence-corrected chi connectivity index (χ2v) is 4.33. The molecule has 16 heavy (non-hydrogen) atoms. The van der Waals surface area contributed by atoms with E-state index >= 15 is 0 Å². The smallest absolute Gasteiger partial charge is 0.143 e. The molecule has 0 spiro atoms. The fraction of sp³-hybridized carbons (Fsp3) is 0.385. The van der Waals surface area contributed by atoms with Crippen molar-refractivity contribution in [2.75, 3.05) is 13.7 Å². The molecule has 1 aliphatic rings. The summed E-state index contributed by atoms with van der Waals surface area (Å²) < 4.78 is 7.80. The first-order valence-electron chi connectivity index (χ1n) is 5.72. The number of rotatable bonds is 2. The van der Waals surface area contributed by atoms with Crippen LogP contribution in [0.2, 0.25) is 0 Å². The minimum Gasteiger partial charge on any atom is -0.495 e. The number of fused-ring (bicyclic) bond motifs is 3. The number of hydrogen-bond acceptors (Lipinski definition) is 2. The first-order chi connectivity index (χ1) is 7.85. The number of aromatic nitrogens is 1. The molecule has 1 aliphatic heterocycles. The Morgan fingerprint density at radius 2 is 2.38 bits per heavy atom. The predicted molar refractivity (Wildman–Crippen MR) is 64.9 cm³/mol. The summed E-state index contributed by atoms with van der Waals surface area (Å²) in [6.07, 6.45) is 2.28. The highest BCUT2D eigenvalue weighted by Gasteiger charge is 2.24. The monoisotopic (exact) mass is 216 g/mol. The third kappa shape index (κ3) is 1.18. The zero-order valence-electron chi connectivity index (χ0n) is 9.44. The molecule has 1 aromatic heterocycles. The topological polar surface area (TPSA) is 40.2 Å². The van der Waals surface area contributed by atoms with Gasteiger partial charge < -0.3 is 15.0 Å². The van der Waals surface area contributed by atoms with Gasteiger partial charge in [0.2, 0.25) is 0 Å². The van der Waals surface area contributed by atoms with Gasteiger partial charge in [-0.2, -0.15) is 0 Å². The lowest BCUT2D eigenvalue weighted by Crippen LogP contribution is -2.15. The standard InChI is InChI=1S/C13H16N2O/c1-16-12-4-2-3-9-7-10-5-6-11(8-14)15(10)13(9)12/h2-4,7,11H,5-6,8,14H2,1H3. The van der Waals surface area contributed by atoms with Crippen LogP contribution in [0.15, 0.2) is 24.3 Å². The van der Waals surface area contributed by atoms with Crippen LogP contribution < -0.4 is 10.5 Å². The Morgan fingerprint density at radius 1 is 1.50 bits per heavy atom. The summed E-state index contributed by atoms with van der Waals surface area (Å²) in [6.45, 7) is 0.703. The Hall–Kier alpha value is -1.48. The molecule has 1 atom stereocenters. The number of benzene rings is 1. The van der Waals surface area contributed by atoms with Gasteiger partial charge in [-0.15, -0.1) is 0 Å². The van der Waals surface area contributed by atoms with Crippen molar-refractivity contribution in [1.82, 2.24) is 4.57 Å². The van der Waals surface area contributed by atoms with E-state index in [9.17, 15) is 0 Å². The summed E-state index contributed by atoms with van der Waals surface area (Å²) in [5.74, 6) is 0.948. The van der Waals surface area contributed by atoms with Crippen LogP contribution in [0.1, 0.15) is 18.2 Å². The molecule has 1 aromatic carbocycles. The van der Waals surface area contributed by atoms with E-state index in [2.05, 4.69) is 16.7 Å². The molecule has 0 aliphatic carbocycles. The van der Waals surface area contributed by atoms with Gasteiger partial charge in [-0.3, -0.25) is 0 Å². The Balaban J connectivity index is 2.31. The Morgan fingerprint density at radius 3 is 3.12 bits per heavy atom. The highest BCUT2D eigenvalue weighted by atomic mass is 16.5. The van der Waals surface area contributed by atoms with Crippen LogP contribution in [-0.2, 0) is 6.42 Å². The quantitative estimate of drug-likeness (QED) is 0.835. The van der Waals surface area contributed by atoms with Crippen molar-refractivity contribution in [1.29, 1.82) is 0 Å². The Bertz CT molecular complexity index is 530. The Kier molecular flexibility index (Phi) is 2.14. The van der Waals surface area contributed by atoms with Crippen LogP contribution in [0.3, 0.4) is 0 Å². The van der Waals surface area contributed by atoms with Gasteiger partial charge in [0.25, 0.3) is 0 Å². The Labute approximate surface area is 94.8 Å². The lowest BCUT2D eigenvalue weighted by atomic mass is 10.1. The van der Waals surface area contributed by atoms with Crippen molar-refractivity contribution in [3.05, 3.63) is 30.0 Å². The largest absolute Gasteiger partial charge is 0.495 e. The average Bonchev–Trinajstić information content (AvgIpc) is 2.86. The van der Waals surface area contributed by atoms with Crippen molar-refractivity contribution in [2.45, 2.75) is 18.9 Å². The molecular weight excluding hydrogens is 200 g/mol. The highest BCUT2D eigenvalue weighted by Crippen LogP contribution is 2.36. The van der Waals surface area contributed by atoms with Crippen LogP contribution in [0.5, 0.6) is 5.75 Å². The van der Waals surface area contributed by atoms with Gasteiger partial charge in [0.1, 0.15) is 5.75 Å². The zero-order chi connectivity index (χ0) is 11.1. The van der Waals surface area contributed by atoms with Crippen molar-refractivity contribution < 1.29 is 4.74 Å². The van der Waals surface area contributed by atoms with Gasteiger partial charge in [-0.25, -0.2) is 0 Å². The molecule has 3 nitrogen and oxygen atoms in total. The molecule has 2 N–H and O–H groups in total. The minimum atomic E-state index is 0.434. The molecule has 0 saturated heterocycles. The van der Waals surface area contributed by atoms with Gasteiger partial charge in [-0.05, 0) is 25.0 Å². The second kappa shape index (κ2) is 3.52. The maximum atomic E-state index is 5.83.